The van der Waals surface area contributed by atoms with Crippen LogP contribution in [0.25, 0.3) is 0 Å². The van der Waals surface area contributed by atoms with Gasteiger partial charge in [0, 0.05) is 5.56 Å². The molecule has 2 rings (SSSR count). The zero-order valence-electron chi connectivity index (χ0n) is 12.8. The molecule has 0 saturated heterocycles. The number of carbonyl (C=O) groups is 2. The summed E-state index contributed by atoms with van der Waals surface area (Å²) < 4.78 is 10.4. The van der Waals surface area contributed by atoms with Crippen LogP contribution in [0.3, 0.4) is 0 Å². The van der Waals surface area contributed by atoms with Crippen molar-refractivity contribution in [3.63, 3.8) is 0 Å². The van der Waals surface area contributed by atoms with Crippen LogP contribution < -0.4 is 5.32 Å². The molecule has 122 valence electrons. The number of benzene rings is 1. The van der Waals surface area contributed by atoms with Gasteiger partial charge in [0.05, 0.1) is 15.7 Å². The Morgan fingerprint density at radius 2 is 1.87 bits per heavy atom. The third-order valence-corrected chi connectivity index (χ3v) is 4.14. The van der Waals surface area contributed by atoms with Crippen LogP contribution in [-0.2, 0) is 9.53 Å². The molecule has 1 aromatic carbocycles. The van der Waals surface area contributed by atoms with Crippen molar-refractivity contribution in [2.75, 3.05) is 11.9 Å². The fraction of sp³-hybridized carbons (Fsp3) is 0.250. The Morgan fingerprint density at radius 3 is 2.48 bits per heavy atom. The zero-order valence-corrected chi connectivity index (χ0v) is 14.3. The van der Waals surface area contributed by atoms with Gasteiger partial charge in [0.1, 0.15) is 17.1 Å². The molecule has 1 heterocycles. The van der Waals surface area contributed by atoms with Gasteiger partial charge in [0.15, 0.2) is 6.61 Å². The number of halogens is 2. The van der Waals surface area contributed by atoms with Gasteiger partial charge in [-0.2, -0.15) is 0 Å². The predicted molar refractivity (Wildman–Crippen MR) is 88.3 cm³/mol. The number of furan rings is 1. The molecule has 23 heavy (non-hydrogen) atoms. The number of rotatable bonds is 4. The lowest BCUT2D eigenvalue weighted by molar-refractivity contribution is -0.119. The minimum Gasteiger partial charge on any atom is -0.465 e. The lowest BCUT2D eigenvalue weighted by atomic mass is 10.1. The second-order valence-corrected chi connectivity index (χ2v) is 5.73. The summed E-state index contributed by atoms with van der Waals surface area (Å²) in [5.41, 5.74) is 1.40. The van der Waals surface area contributed by atoms with E-state index in [4.69, 9.17) is 32.4 Å². The molecule has 1 aromatic heterocycles. The van der Waals surface area contributed by atoms with E-state index in [-0.39, 0.29) is 5.02 Å². The number of nitrogens with one attached hydrogen (secondary N) is 1. The first-order valence-corrected chi connectivity index (χ1v) is 7.54. The molecule has 7 heteroatoms. The summed E-state index contributed by atoms with van der Waals surface area (Å²) in [6.07, 6.45) is 0. The molecule has 0 aliphatic heterocycles. The van der Waals surface area contributed by atoms with Crippen molar-refractivity contribution in [2.24, 2.45) is 0 Å². The number of hydrogen-bond acceptors (Lipinski definition) is 4. The minimum absolute atomic E-state index is 0.228. The third kappa shape index (κ3) is 3.86. The van der Waals surface area contributed by atoms with Gasteiger partial charge in [-0.05, 0) is 32.9 Å². The molecule has 2 aromatic rings. The highest BCUT2D eigenvalue weighted by Crippen LogP contribution is 2.29. The van der Waals surface area contributed by atoms with Gasteiger partial charge in [-0.3, -0.25) is 4.79 Å². The van der Waals surface area contributed by atoms with E-state index in [1.807, 2.05) is 0 Å². The molecular weight excluding hydrogens is 341 g/mol. The van der Waals surface area contributed by atoms with Gasteiger partial charge in [0.25, 0.3) is 5.91 Å². The first-order valence-electron chi connectivity index (χ1n) is 6.78. The van der Waals surface area contributed by atoms with Crippen LogP contribution >= 0.6 is 23.2 Å². The Morgan fingerprint density at radius 1 is 1.17 bits per heavy atom. The van der Waals surface area contributed by atoms with E-state index in [9.17, 15) is 9.59 Å². The molecule has 0 radical (unpaired) electrons. The average Bonchev–Trinajstić information content (AvgIpc) is 2.74. The molecule has 0 aliphatic carbocycles. The molecule has 0 unspecified atom stereocenters. The molecule has 5 nitrogen and oxygen atoms in total. The second-order valence-electron chi connectivity index (χ2n) is 4.94. The summed E-state index contributed by atoms with van der Waals surface area (Å²) in [6.45, 7) is 4.74. The largest absolute Gasteiger partial charge is 0.465 e. The van der Waals surface area contributed by atoms with Crippen LogP contribution in [0.1, 0.15) is 27.4 Å². The van der Waals surface area contributed by atoms with Gasteiger partial charge in [-0.25, -0.2) is 4.79 Å². The monoisotopic (exact) mass is 355 g/mol. The van der Waals surface area contributed by atoms with E-state index < -0.39 is 18.5 Å². The van der Waals surface area contributed by atoms with Crippen molar-refractivity contribution in [3.8, 4) is 0 Å². The maximum Gasteiger partial charge on any atom is 0.342 e. The Kier molecular flexibility index (Phi) is 5.34. The minimum atomic E-state index is -0.607. The van der Waals surface area contributed by atoms with Crippen LogP contribution in [0.5, 0.6) is 0 Å². The average molecular weight is 356 g/mol. The SMILES string of the molecule is Cc1oc(C)c(C(=O)OCC(=O)Nc2cccc(Cl)c2Cl)c1C. The van der Waals surface area contributed by atoms with Crippen molar-refractivity contribution in [2.45, 2.75) is 20.8 Å². The van der Waals surface area contributed by atoms with Crippen molar-refractivity contribution in [1.82, 2.24) is 0 Å². The topological polar surface area (TPSA) is 68.5 Å². The number of amides is 1. The summed E-state index contributed by atoms with van der Waals surface area (Å²) in [7, 11) is 0. The maximum absolute atomic E-state index is 12.1. The summed E-state index contributed by atoms with van der Waals surface area (Å²) in [5.74, 6) is -0.0184. The number of anilines is 1. The summed E-state index contributed by atoms with van der Waals surface area (Å²) in [5, 5.41) is 3.08. The molecule has 0 saturated carbocycles. The summed E-state index contributed by atoms with van der Waals surface area (Å²) >= 11 is 11.8. The number of aryl methyl sites for hydroxylation is 2. The van der Waals surface area contributed by atoms with E-state index in [1.54, 1.807) is 39.0 Å². The normalized spacial score (nSPS) is 10.5. The molecule has 0 spiro atoms. The summed E-state index contributed by atoms with van der Waals surface area (Å²) in [6, 6.07) is 4.85. The van der Waals surface area contributed by atoms with Gasteiger partial charge in [-0.15, -0.1) is 0 Å². The molecule has 0 aliphatic rings. The number of ether oxygens (including phenoxy) is 1. The maximum atomic E-state index is 12.1. The smallest absolute Gasteiger partial charge is 0.342 e. The third-order valence-electron chi connectivity index (χ3n) is 3.33. The Labute approximate surface area is 143 Å². The van der Waals surface area contributed by atoms with E-state index in [1.165, 1.54) is 0 Å². The molecule has 0 atom stereocenters. The van der Waals surface area contributed by atoms with Crippen LogP contribution in [0, 0.1) is 20.8 Å². The molecule has 1 amide bonds. The highest BCUT2D eigenvalue weighted by atomic mass is 35.5. The fourth-order valence-corrected chi connectivity index (χ4v) is 2.43. The first-order chi connectivity index (χ1) is 10.8. The summed E-state index contributed by atoms with van der Waals surface area (Å²) in [4.78, 5) is 23.9. The molecule has 0 bridgehead atoms. The quantitative estimate of drug-likeness (QED) is 0.829. The van der Waals surface area contributed by atoms with Crippen molar-refractivity contribution < 1.29 is 18.7 Å². The van der Waals surface area contributed by atoms with E-state index in [0.29, 0.717) is 33.4 Å². The molecule has 1 N–H and O–H groups in total. The molecular formula is C16H15Cl2NO4. The van der Waals surface area contributed by atoms with Gasteiger partial charge in [0.2, 0.25) is 0 Å². The number of carbonyl (C=O) groups excluding carboxylic acids is 2. The van der Waals surface area contributed by atoms with Crippen LogP contribution in [0.15, 0.2) is 22.6 Å². The highest BCUT2D eigenvalue weighted by molar-refractivity contribution is 6.44. The van der Waals surface area contributed by atoms with Crippen LogP contribution in [-0.4, -0.2) is 18.5 Å². The number of hydrogen-bond donors (Lipinski definition) is 1. The first kappa shape index (κ1) is 17.4. The van der Waals surface area contributed by atoms with Crippen molar-refractivity contribution >= 4 is 40.8 Å². The van der Waals surface area contributed by atoms with Crippen molar-refractivity contribution in [3.05, 3.63) is 50.9 Å². The highest BCUT2D eigenvalue weighted by Gasteiger charge is 2.21. The van der Waals surface area contributed by atoms with Crippen LogP contribution in [0.2, 0.25) is 10.0 Å². The van der Waals surface area contributed by atoms with E-state index in [2.05, 4.69) is 5.32 Å². The van der Waals surface area contributed by atoms with E-state index >= 15 is 0 Å². The number of esters is 1. The lowest BCUT2D eigenvalue weighted by Gasteiger charge is -2.09. The Hall–Kier alpha value is -1.98. The van der Waals surface area contributed by atoms with Gasteiger partial charge in [-0.1, -0.05) is 29.3 Å². The van der Waals surface area contributed by atoms with E-state index in [0.717, 1.165) is 0 Å². The zero-order chi connectivity index (χ0) is 17.1. The Balaban J connectivity index is 1.99. The van der Waals surface area contributed by atoms with Crippen molar-refractivity contribution in [1.29, 1.82) is 0 Å². The van der Waals surface area contributed by atoms with Gasteiger partial charge >= 0.3 is 5.97 Å². The fourth-order valence-electron chi connectivity index (χ4n) is 2.08. The molecule has 0 fully saturated rings. The van der Waals surface area contributed by atoms with Crippen LogP contribution in [0.4, 0.5) is 5.69 Å². The van der Waals surface area contributed by atoms with Gasteiger partial charge < -0.3 is 14.5 Å². The Bertz CT molecular complexity index is 768. The lowest BCUT2D eigenvalue weighted by Crippen LogP contribution is -2.21. The second kappa shape index (κ2) is 7.06. The predicted octanol–water partition coefficient (Wildman–Crippen LogP) is 4.31. The standard InChI is InChI=1S/C16H15Cl2NO4/c1-8-9(2)23-10(3)14(8)16(21)22-7-13(20)19-12-6-4-5-11(17)15(12)18/h4-6H,7H2,1-3H3,(H,19,20).